The monoisotopic (exact) mass is 241 g/mol. The van der Waals surface area contributed by atoms with Gasteiger partial charge in [0.1, 0.15) is 11.4 Å². The van der Waals surface area contributed by atoms with Crippen LogP contribution >= 0.6 is 0 Å². The van der Waals surface area contributed by atoms with E-state index < -0.39 is 11.0 Å². The van der Waals surface area contributed by atoms with E-state index >= 15 is 0 Å². The highest BCUT2D eigenvalue weighted by molar-refractivity contribution is 5.43. The van der Waals surface area contributed by atoms with Crippen molar-refractivity contribution in [1.29, 1.82) is 0 Å². The van der Waals surface area contributed by atoms with Crippen molar-refractivity contribution in [1.82, 2.24) is 9.78 Å². The third-order valence-corrected chi connectivity index (χ3v) is 2.99. The van der Waals surface area contributed by atoms with Gasteiger partial charge in [-0.15, -0.1) is 0 Å². The van der Waals surface area contributed by atoms with E-state index in [2.05, 4.69) is 5.10 Å². The summed E-state index contributed by atoms with van der Waals surface area (Å²) in [6.45, 7) is 7.63. The molecule has 17 heavy (non-hydrogen) atoms. The number of hydrogen-bond acceptors (Lipinski definition) is 4. The molecular formula is C11H19N3O3. The average molecular weight is 241 g/mol. The molecule has 1 aromatic rings. The standard InChI is InChI=1S/C11H19N3O3/c1-5-9(8(4)15)11-10(14(16)17)7(3)12-13(11)6-2/h8-9,15H,5-6H2,1-4H3. The Labute approximate surface area is 100 Å². The fourth-order valence-electron chi connectivity index (χ4n) is 2.19. The Morgan fingerprint density at radius 3 is 2.47 bits per heavy atom. The van der Waals surface area contributed by atoms with Crippen LogP contribution in [0.4, 0.5) is 5.69 Å². The molecule has 0 spiro atoms. The van der Waals surface area contributed by atoms with Gasteiger partial charge in [0.25, 0.3) is 0 Å². The summed E-state index contributed by atoms with van der Waals surface area (Å²) in [4.78, 5) is 10.7. The molecule has 1 aromatic heterocycles. The zero-order chi connectivity index (χ0) is 13.2. The Balaban J connectivity index is 3.41. The van der Waals surface area contributed by atoms with Gasteiger partial charge in [-0.25, -0.2) is 0 Å². The van der Waals surface area contributed by atoms with Crippen LogP contribution in [0, 0.1) is 17.0 Å². The van der Waals surface area contributed by atoms with Crippen LogP contribution in [-0.2, 0) is 6.54 Å². The predicted molar refractivity (Wildman–Crippen MR) is 64.0 cm³/mol. The van der Waals surface area contributed by atoms with E-state index in [1.807, 2.05) is 13.8 Å². The molecule has 0 aliphatic heterocycles. The van der Waals surface area contributed by atoms with Crippen molar-refractivity contribution in [2.24, 2.45) is 0 Å². The molecule has 6 heteroatoms. The lowest BCUT2D eigenvalue weighted by Crippen LogP contribution is -2.19. The minimum Gasteiger partial charge on any atom is -0.393 e. The molecule has 1 heterocycles. The molecule has 0 amide bonds. The van der Waals surface area contributed by atoms with E-state index in [1.54, 1.807) is 18.5 Å². The molecule has 0 radical (unpaired) electrons. The average Bonchev–Trinajstić information content (AvgIpc) is 2.56. The van der Waals surface area contributed by atoms with Crippen LogP contribution in [0.2, 0.25) is 0 Å². The SMILES string of the molecule is CCC(c1c([N+](=O)[O-])c(C)nn1CC)C(C)O. The summed E-state index contributed by atoms with van der Waals surface area (Å²) in [5.74, 6) is -0.253. The third kappa shape index (κ3) is 2.46. The highest BCUT2D eigenvalue weighted by atomic mass is 16.6. The lowest BCUT2D eigenvalue weighted by molar-refractivity contribution is -0.386. The van der Waals surface area contributed by atoms with E-state index in [1.165, 1.54) is 0 Å². The summed E-state index contributed by atoms with van der Waals surface area (Å²) >= 11 is 0. The Hall–Kier alpha value is -1.43. The number of aryl methyl sites for hydroxylation is 2. The second-order valence-electron chi connectivity index (χ2n) is 4.15. The summed E-state index contributed by atoms with van der Waals surface area (Å²) in [6.07, 6.45) is 0.0176. The lowest BCUT2D eigenvalue weighted by Gasteiger charge is -2.18. The maximum atomic E-state index is 11.1. The molecule has 1 rings (SSSR count). The van der Waals surface area contributed by atoms with Gasteiger partial charge in [0.2, 0.25) is 0 Å². The van der Waals surface area contributed by atoms with Crippen LogP contribution in [0.1, 0.15) is 44.5 Å². The molecule has 0 bridgehead atoms. The first-order chi connectivity index (χ1) is 7.93. The Kier molecular flexibility index (Phi) is 4.22. The van der Waals surface area contributed by atoms with Crippen LogP contribution in [0.25, 0.3) is 0 Å². The number of rotatable bonds is 5. The molecule has 96 valence electrons. The second kappa shape index (κ2) is 5.27. The van der Waals surface area contributed by atoms with Gasteiger partial charge < -0.3 is 5.11 Å². The van der Waals surface area contributed by atoms with Gasteiger partial charge in [0.05, 0.1) is 11.0 Å². The molecule has 1 N–H and O–H groups in total. The minimum atomic E-state index is -0.625. The van der Waals surface area contributed by atoms with Crippen LogP contribution < -0.4 is 0 Å². The fraction of sp³-hybridized carbons (Fsp3) is 0.727. The molecule has 0 saturated carbocycles. The number of nitrogens with zero attached hydrogens (tertiary/aromatic N) is 3. The zero-order valence-corrected chi connectivity index (χ0v) is 10.7. The van der Waals surface area contributed by atoms with Crippen LogP contribution in [0.15, 0.2) is 0 Å². The van der Waals surface area contributed by atoms with Gasteiger partial charge in [-0.05, 0) is 27.2 Å². The van der Waals surface area contributed by atoms with Crippen molar-refractivity contribution in [2.75, 3.05) is 0 Å². The van der Waals surface area contributed by atoms with Crippen LogP contribution in [-0.4, -0.2) is 25.9 Å². The minimum absolute atomic E-state index is 0.0413. The Morgan fingerprint density at radius 2 is 2.12 bits per heavy atom. The number of nitro groups is 1. The molecule has 0 aromatic carbocycles. The van der Waals surface area contributed by atoms with E-state index in [0.29, 0.717) is 24.4 Å². The predicted octanol–water partition coefficient (Wildman–Crippen LogP) is 1.99. The fourth-order valence-corrected chi connectivity index (χ4v) is 2.19. The van der Waals surface area contributed by atoms with Crippen molar-refractivity contribution >= 4 is 5.69 Å². The lowest BCUT2D eigenvalue weighted by atomic mass is 9.95. The smallest absolute Gasteiger partial charge is 0.313 e. The van der Waals surface area contributed by atoms with Crippen molar-refractivity contribution in [3.8, 4) is 0 Å². The number of hydrogen-bond donors (Lipinski definition) is 1. The van der Waals surface area contributed by atoms with Crippen molar-refractivity contribution in [2.45, 2.75) is 52.7 Å². The summed E-state index contributed by atoms with van der Waals surface area (Å²) in [7, 11) is 0. The number of aliphatic hydroxyl groups is 1. The van der Waals surface area contributed by atoms with Crippen LogP contribution in [0.3, 0.4) is 0 Å². The first-order valence-corrected chi connectivity index (χ1v) is 5.83. The summed E-state index contributed by atoms with van der Waals surface area (Å²) < 4.78 is 1.62. The highest BCUT2D eigenvalue weighted by Gasteiger charge is 2.32. The maximum absolute atomic E-state index is 11.1. The van der Waals surface area contributed by atoms with Crippen molar-refractivity contribution < 1.29 is 10.0 Å². The molecular weight excluding hydrogens is 222 g/mol. The normalized spacial score (nSPS) is 14.6. The summed E-state index contributed by atoms with van der Waals surface area (Å²) in [5.41, 5.74) is 0.984. The largest absolute Gasteiger partial charge is 0.393 e. The number of aromatic nitrogens is 2. The molecule has 6 nitrogen and oxygen atoms in total. The Bertz CT molecular complexity index is 412. The van der Waals surface area contributed by atoms with E-state index in [9.17, 15) is 15.2 Å². The van der Waals surface area contributed by atoms with Crippen molar-refractivity contribution in [3.63, 3.8) is 0 Å². The Morgan fingerprint density at radius 1 is 1.53 bits per heavy atom. The maximum Gasteiger partial charge on any atom is 0.313 e. The van der Waals surface area contributed by atoms with E-state index in [-0.39, 0.29) is 11.6 Å². The first-order valence-electron chi connectivity index (χ1n) is 5.83. The van der Waals surface area contributed by atoms with Crippen molar-refractivity contribution in [3.05, 3.63) is 21.5 Å². The van der Waals surface area contributed by atoms with Gasteiger partial charge in [-0.1, -0.05) is 6.92 Å². The molecule has 0 aliphatic rings. The topological polar surface area (TPSA) is 81.2 Å². The quantitative estimate of drug-likeness (QED) is 0.631. The van der Waals surface area contributed by atoms with Gasteiger partial charge >= 0.3 is 5.69 Å². The second-order valence-corrected chi connectivity index (χ2v) is 4.15. The summed E-state index contributed by atoms with van der Waals surface area (Å²) in [6, 6.07) is 0. The zero-order valence-electron chi connectivity index (χ0n) is 10.7. The molecule has 0 fully saturated rings. The van der Waals surface area contributed by atoms with E-state index in [4.69, 9.17) is 0 Å². The third-order valence-electron chi connectivity index (χ3n) is 2.99. The van der Waals surface area contributed by atoms with Gasteiger partial charge in [0, 0.05) is 12.5 Å². The molecule has 2 unspecified atom stereocenters. The first kappa shape index (κ1) is 13.6. The van der Waals surface area contributed by atoms with Gasteiger partial charge in [-0.3, -0.25) is 14.8 Å². The number of aliphatic hydroxyl groups excluding tert-OH is 1. The van der Waals surface area contributed by atoms with Gasteiger partial charge in [0.15, 0.2) is 0 Å². The molecule has 2 atom stereocenters. The molecule has 0 aliphatic carbocycles. The summed E-state index contributed by atoms with van der Waals surface area (Å²) in [5, 5.41) is 25.0. The molecule has 0 saturated heterocycles. The van der Waals surface area contributed by atoms with Gasteiger partial charge in [-0.2, -0.15) is 5.10 Å². The highest BCUT2D eigenvalue weighted by Crippen LogP contribution is 2.33. The van der Waals surface area contributed by atoms with Crippen LogP contribution in [0.5, 0.6) is 0 Å². The van der Waals surface area contributed by atoms with E-state index in [0.717, 1.165) is 0 Å².